The third-order valence-corrected chi connectivity index (χ3v) is 1.95. The molecule has 0 spiro atoms. The van der Waals surface area contributed by atoms with Gasteiger partial charge in [-0.3, -0.25) is 4.79 Å². The van der Waals surface area contributed by atoms with Crippen molar-refractivity contribution in [3.8, 4) is 0 Å². The number of halogens is 3. The summed E-state index contributed by atoms with van der Waals surface area (Å²) in [6, 6.07) is 3.59. The van der Waals surface area contributed by atoms with Crippen LogP contribution in [0, 0.1) is 5.82 Å². The maximum Gasteiger partial charge on any atom is 0.303 e. The smallest absolute Gasteiger partial charge is 0.303 e. The molecule has 0 saturated carbocycles. The van der Waals surface area contributed by atoms with Crippen molar-refractivity contribution < 1.29 is 23.1 Å². The highest BCUT2D eigenvalue weighted by Gasteiger charge is 2.16. The van der Waals surface area contributed by atoms with Crippen LogP contribution in [-0.4, -0.2) is 11.1 Å². The molecule has 0 fully saturated rings. The third kappa shape index (κ3) is 2.97. The monoisotopic (exact) mass is 218 g/mol. The van der Waals surface area contributed by atoms with Crippen LogP contribution in [0.25, 0.3) is 0 Å². The van der Waals surface area contributed by atoms with Crippen LogP contribution in [0.15, 0.2) is 18.2 Å². The highest BCUT2D eigenvalue weighted by Crippen LogP contribution is 2.24. The van der Waals surface area contributed by atoms with E-state index in [1.165, 1.54) is 12.1 Å². The van der Waals surface area contributed by atoms with Gasteiger partial charge in [-0.15, -0.1) is 0 Å². The number of hydrogen-bond donors (Lipinski definition) is 1. The van der Waals surface area contributed by atoms with Crippen molar-refractivity contribution in [1.29, 1.82) is 0 Å². The van der Waals surface area contributed by atoms with Crippen LogP contribution in [0.4, 0.5) is 13.2 Å². The molecule has 0 saturated heterocycles. The summed E-state index contributed by atoms with van der Waals surface area (Å²) in [6.45, 7) is 0. The Morgan fingerprint density at radius 1 is 1.40 bits per heavy atom. The Hall–Kier alpha value is -1.52. The van der Waals surface area contributed by atoms with Gasteiger partial charge in [0.25, 0.3) is 6.43 Å². The molecule has 0 aromatic heterocycles. The predicted molar refractivity (Wildman–Crippen MR) is 47.3 cm³/mol. The summed E-state index contributed by atoms with van der Waals surface area (Å²) in [5.74, 6) is -2.09. The lowest BCUT2D eigenvalue weighted by Crippen LogP contribution is -2.01. The minimum Gasteiger partial charge on any atom is -0.481 e. The Morgan fingerprint density at radius 2 is 2.07 bits per heavy atom. The average Bonchev–Trinajstić information content (AvgIpc) is 2.15. The Morgan fingerprint density at radius 3 is 2.60 bits per heavy atom. The lowest BCUT2D eigenvalue weighted by molar-refractivity contribution is -0.136. The second kappa shape index (κ2) is 4.82. The Balaban J connectivity index is 2.89. The number of rotatable bonds is 4. The van der Waals surface area contributed by atoms with Crippen molar-refractivity contribution in [2.45, 2.75) is 19.3 Å². The highest BCUT2D eigenvalue weighted by atomic mass is 19.3. The maximum absolute atomic E-state index is 13.3. The van der Waals surface area contributed by atoms with Crippen LogP contribution in [0.1, 0.15) is 24.0 Å². The molecule has 0 unspecified atom stereocenters. The highest BCUT2D eigenvalue weighted by molar-refractivity contribution is 5.67. The number of carboxylic acid groups (broad SMARTS) is 1. The molecule has 0 heterocycles. The number of hydrogen-bond acceptors (Lipinski definition) is 1. The zero-order valence-corrected chi connectivity index (χ0v) is 7.71. The van der Waals surface area contributed by atoms with E-state index in [4.69, 9.17) is 5.11 Å². The summed E-state index contributed by atoms with van der Waals surface area (Å²) in [6.07, 6.45) is -3.24. The van der Waals surface area contributed by atoms with Crippen LogP contribution >= 0.6 is 0 Å². The van der Waals surface area contributed by atoms with E-state index in [0.29, 0.717) is 0 Å². The normalized spacial score (nSPS) is 10.7. The SMILES string of the molecule is O=C(O)CCc1cccc(C(F)F)c1F. The van der Waals surface area contributed by atoms with Gasteiger partial charge in [-0.25, -0.2) is 13.2 Å². The fourth-order valence-electron chi connectivity index (χ4n) is 1.20. The van der Waals surface area contributed by atoms with Crippen LogP contribution in [0.5, 0.6) is 0 Å². The van der Waals surface area contributed by atoms with E-state index in [1.807, 2.05) is 0 Å². The molecule has 0 bridgehead atoms. The molecule has 1 aromatic carbocycles. The Bertz CT molecular complexity index is 364. The fraction of sp³-hybridized carbons (Fsp3) is 0.300. The summed E-state index contributed by atoms with van der Waals surface area (Å²) in [4.78, 5) is 10.2. The zero-order chi connectivity index (χ0) is 11.4. The Kier molecular flexibility index (Phi) is 3.71. The molecule has 2 nitrogen and oxygen atoms in total. The average molecular weight is 218 g/mol. The largest absolute Gasteiger partial charge is 0.481 e. The number of aliphatic carboxylic acids is 1. The molecule has 1 aromatic rings. The minimum absolute atomic E-state index is 0.00944. The standard InChI is InChI=1S/C10H9F3O2/c11-9-6(4-5-8(14)15)2-1-3-7(9)10(12)13/h1-3,10H,4-5H2,(H,14,15). The summed E-state index contributed by atoms with van der Waals surface area (Å²) >= 11 is 0. The fourth-order valence-corrected chi connectivity index (χ4v) is 1.20. The van der Waals surface area contributed by atoms with E-state index < -0.39 is 23.8 Å². The lowest BCUT2D eigenvalue weighted by Gasteiger charge is -2.06. The minimum atomic E-state index is -2.88. The van der Waals surface area contributed by atoms with Gasteiger partial charge in [-0.1, -0.05) is 18.2 Å². The number of benzene rings is 1. The number of aryl methyl sites for hydroxylation is 1. The van der Waals surface area contributed by atoms with Crippen molar-refractivity contribution in [1.82, 2.24) is 0 Å². The summed E-state index contributed by atoms with van der Waals surface area (Å²) < 4.78 is 37.8. The molecule has 82 valence electrons. The van der Waals surface area contributed by atoms with Crippen LogP contribution in [0.2, 0.25) is 0 Å². The van der Waals surface area contributed by atoms with Crippen molar-refractivity contribution in [3.63, 3.8) is 0 Å². The van der Waals surface area contributed by atoms with Gasteiger partial charge < -0.3 is 5.11 Å². The Labute approximate surface area is 84.3 Å². The molecule has 0 amide bonds. The molecule has 0 aliphatic rings. The van der Waals surface area contributed by atoms with Crippen LogP contribution in [-0.2, 0) is 11.2 Å². The molecule has 0 atom stereocenters. The van der Waals surface area contributed by atoms with E-state index in [-0.39, 0.29) is 18.4 Å². The summed E-state index contributed by atoms with van der Waals surface area (Å²) in [5.41, 5.74) is -0.673. The number of alkyl halides is 2. The first-order valence-corrected chi connectivity index (χ1v) is 4.29. The third-order valence-electron chi connectivity index (χ3n) is 1.95. The van der Waals surface area contributed by atoms with E-state index in [0.717, 1.165) is 6.07 Å². The molecule has 0 aliphatic heterocycles. The molecule has 0 aliphatic carbocycles. The van der Waals surface area contributed by atoms with Gasteiger partial charge in [-0.05, 0) is 12.0 Å². The van der Waals surface area contributed by atoms with Gasteiger partial charge in [0.05, 0.1) is 5.56 Å². The first kappa shape index (κ1) is 11.6. The molecule has 5 heteroatoms. The van der Waals surface area contributed by atoms with Crippen molar-refractivity contribution in [3.05, 3.63) is 35.1 Å². The second-order valence-corrected chi connectivity index (χ2v) is 3.01. The van der Waals surface area contributed by atoms with Crippen LogP contribution < -0.4 is 0 Å². The molecule has 1 N–H and O–H groups in total. The molecule has 0 radical (unpaired) electrons. The quantitative estimate of drug-likeness (QED) is 0.843. The lowest BCUT2D eigenvalue weighted by atomic mass is 10.1. The first-order chi connectivity index (χ1) is 7.02. The van der Waals surface area contributed by atoms with Gasteiger partial charge in [0.15, 0.2) is 0 Å². The van der Waals surface area contributed by atoms with E-state index >= 15 is 0 Å². The van der Waals surface area contributed by atoms with Gasteiger partial charge in [0.2, 0.25) is 0 Å². The van der Waals surface area contributed by atoms with E-state index in [1.54, 1.807) is 0 Å². The van der Waals surface area contributed by atoms with E-state index in [2.05, 4.69) is 0 Å². The van der Waals surface area contributed by atoms with Gasteiger partial charge in [0.1, 0.15) is 5.82 Å². The van der Waals surface area contributed by atoms with Crippen molar-refractivity contribution in [2.24, 2.45) is 0 Å². The van der Waals surface area contributed by atoms with Crippen LogP contribution in [0.3, 0.4) is 0 Å². The van der Waals surface area contributed by atoms with Crippen molar-refractivity contribution >= 4 is 5.97 Å². The van der Waals surface area contributed by atoms with Gasteiger partial charge in [0, 0.05) is 6.42 Å². The molecular weight excluding hydrogens is 209 g/mol. The zero-order valence-electron chi connectivity index (χ0n) is 7.71. The topological polar surface area (TPSA) is 37.3 Å². The molecule has 1 rings (SSSR count). The first-order valence-electron chi connectivity index (χ1n) is 4.29. The van der Waals surface area contributed by atoms with Gasteiger partial charge in [-0.2, -0.15) is 0 Å². The number of carbonyl (C=O) groups is 1. The summed E-state index contributed by atoms with van der Waals surface area (Å²) in [7, 11) is 0. The maximum atomic E-state index is 13.3. The second-order valence-electron chi connectivity index (χ2n) is 3.01. The van der Waals surface area contributed by atoms with E-state index in [9.17, 15) is 18.0 Å². The van der Waals surface area contributed by atoms with Crippen molar-refractivity contribution in [2.75, 3.05) is 0 Å². The number of carboxylic acids is 1. The molecular formula is C10H9F3O2. The summed E-state index contributed by atoms with van der Waals surface area (Å²) in [5, 5.41) is 8.37. The van der Waals surface area contributed by atoms with Gasteiger partial charge >= 0.3 is 5.97 Å². The predicted octanol–water partition coefficient (Wildman–Crippen LogP) is 2.78. The molecule has 15 heavy (non-hydrogen) atoms.